The molecule has 1 saturated heterocycles. The van der Waals surface area contributed by atoms with Crippen LogP contribution in [-0.2, 0) is 4.79 Å². The van der Waals surface area contributed by atoms with Crippen molar-refractivity contribution < 1.29 is 9.90 Å². The van der Waals surface area contributed by atoms with Crippen LogP contribution in [0.4, 0.5) is 0 Å². The molecule has 0 aromatic heterocycles. The average Bonchev–Trinajstić information content (AvgIpc) is 2.29. The molecule has 0 amide bonds. The van der Waals surface area contributed by atoms with Crippen molar-refractivity contribution in [1.29, 1.82) is 5.41 Å². The normalized spacial score (nSPS) is 37.2. The summed E-state index contributed by atoms with van der Waals surface area (Å²) in [5, 5.41) is 16.4. The predicted octanol–water partition coefficient (Wildman–Crippen LogP) is 0.309. The van der Waals surface area contributed by atoms with Crippen LogP contribution in [0.25, 0.3) is 0 Å². The van der Waals surface area contributed by atoms with Gasteiger partial charge in [-0.3, -0.25) is 5.41 Å². The van der Waals surface area contributed by atoms with Gasteiger partial charge in [0.05, 0.1) is 0 Å². The molecule has 1 aliphatic rings. The van der Waals surface area contributed by atoms with Gasteiger partial charge < -0.3 is 15.7 Å². The third-order valence-electron chi connectivity index (χ3n) is 3.36. The van der Waals surface area contributed by atoms with Gasteiger partial charge in [0.1, 0.15) is 6.04 Å². The van der Waals surface area contributed by atoms with E-state index in [9.17, 15) is 4.79 Å². The highest BCUT2D eigenvalue weighted by Gasteiger charge is 2.46. The summed E-state index contributed by atoms with van der Waals surface area (Å²) in [6.07, 6.45) is 0. The Balaban J connectivity index is 3.01. The van der Waals surface area contributed by atoms with Gasteiger partial charge in [-0.05, 0) is 18.8 Å². The summed E-state index contributed by atoms with van der Waals surface area (Å²) in [6.45, 7) is 5.79. The van der Waals surface area contributed by atoms with E-state index in [1.807, 2.05) is 20.8 Å². The van der Waals surface area contributed by atoms with Crippen LogP contribution in [0.15, 0.2) is 0 Å². The van der Waals surface area contributed by atoms with Gasteiger partial charge in [-0.1, -0.05) is 13.8 Å². The van der Waals surface area contributed by atoms with E-state index in [0.717, 1.165) is 0 Å². The lowest BCUT2D eigenvalue weighted by atomic mass is 9.91. The molecule has 4 atom stereocenters. The molecule has 4 N–H and O–H groups in total. The van der Waals surface area contributed by atoms with Gasteiger partial charge in [-0.2, -0.15) is 0 Å². The number of carboxylic acid groups (broad SMARTS) is 1. The van der Waals surface area contributed by atoms with Crippen LogP contribution in [0.3, 0.4) is 0 Å². The van der Waals surface area contributed by atoms with Gasteiger partial charge in [-0.15, -0.1) is 0 Å². The Labute approximate surface area is 83.4 Å². The number of hydrogen-bond acceptors (Lipinski definition) is 2. The highest BCUT2D eigenvalue weighted by molar-refractivity contribution is 5.84. The highest BCUT2D eigenvalue weighted by Crippen LogP contribution is 2.34. The zero-order valence-electron chi connectivity index (χ0n) is 8.69. The molecule has 14 heavy (non-hydrogen) atoms. The summed E-state index contributed by atoms with van der Waals surface area (Å²) in [5.74, 6) is -0.795. The van der Waals surface area contributed by atoms with Crippen molar-refractivity contribution in [1.82, 2.24) is 4.90 Å². The number of aliphatic carboxylic acids is 1. The van der Waals surface area contributed by atoms with Crippen LogP contribution in [0, 0.1) is 17.2 Å². The first kappa shape index (κ1) is 10.8. The number of hydrogen-bond donors (Lipinski definition) is 3. The van der Waals surface area contributed by atoms with E-state index in [1.165, 1.54) is 4.90 Å². The Morgan fingerprint density at radius 3 is 2.14 bits per heavy atom. The number of nitrogens with one attached hydrogen (secondary N) is 1. The van der Waals surface area contributed by atoms with Crippen LogP contribution in [0.2, 0.25) is 0 Å². The van der Waals surface area contributed by atoms with E-state index in [0.29, 0.717) is 0 Å². The third-order valence-corrected chi connectivity index (χ3v) is 3.36. The molecular formula is C9H17N3O2. The fraction of sp³-hybridized carbons (Fsp3) is 0.778. The molecule has 1 aliphatic heterocycles. The number of carbonyl (C=O) groups is 1. The van der Waals surface area contributed by atoms with Crippen LogP contribution < -0.4 is 5.73 Å². The maximum absolute atomic E-state index is 11.0. The van der Waals surface area contributed by atoms with Crippen molar-refractivity contribution in [2.45, 2.75) is 32.9 Å². The number of carboxylic acids is 1. The minimum Gasteiger partial charge on any atom is -0.480 e. The minimum absolute atomic E-state index is 0.0172. The molecule has 1 heterocycles. The Kier molecular flexibility index (Phi) is 2.69. The second-order valence-corrected chi connectivity index (χ2v) is 4.03. The number of likely N-dealkylation sites (tertiary alicyclic amines) is 1. The first-order chi connectivity index (χ1) is 6.37. The van der Waals surface area contributed by atoms with E-state index in [2.05, 4.69) is 0 Å². The zero-order chi connectivity index (χ0) is 11.0. The molecular weight excluding hydrogens is 182 g/mol. The van der Waals surface area contributed by atoms with Crippen molar-refractivity contribution >= 4 is 11.9 Å². The molecule has 0 radical (unpaired) electrons. The Morgan fingerprint density at radius 2 is 1.86 bits per heavy atom. The lowest BCUT2D eigenvalue weighted by Gasteiger charge is -2.27. The first-order valence-electron chi connectivity index (χ1n) is 4.73. The quantitative estimate of drug-likeness (QED) is 0.418. The topological polar surface area (TPSA) is 90.4 Å². The molecule has 1 fully saturated rings. The molecule has 0 bridgehead atoms. The number of nitrogens with two attached hydrogens (primary N) is 1. The lowest BCUT2D eigenvalue weighted by Crippen LogP contribution is -2.48. The minimum atomic E-state index is -0.899. The van der Waals surface area contributed by atoms with Crippen LogP contribution in [-0.4, -0.2) is 34.0 Å². The van der Waals surface area contributed by atoms with Crippen molar-refractivity contribution in [3.8, 4) is 0 Å². The van der Waals surface area contributed by atoms with Gasteiger partial charge in [0.2, 0.25) is 0 Å². The van der Waals surface area contributed by atoms with E-state index in [4.69, 9.17) is 16.2 Å². The molecule has 0 aromatic carbocycles. The smallest absolute Gasteiger partial charge is 0.326 e. The molecule has 0 saturated carbocycles. The summed E-state index contributed by atoms with van der Waals surface area (Å²) < 4.78 is 0. The van der Waals surface area contributed by atoms with Gasteiger partial charge >= 0.3 is 5.97 Å². The van der Waals surface area contributed by atoms with E-state index >= 15 is 0 Å². The number of nitrogens with zero attached hydrogens (tertiary/aromatic N) is 1. The van der Waals surface area contributed by atoms with E-state index in [1.54, 1.807) is 0 Å². The standard InChI is InChI=1S/C9H17N3O2/c1-4-5(2)7(8(13)14)12(6(4)3)9(10)11/h4-7H,1-3H3,(H3,10,11)(H,13,14). The fourth-order valence-corrected chi connectivity index (χ4v) is 2.20. The Bertz CT molecular complexity index is 241. The highest BCUT2D eigenvalue weighted by atomic mass is 16.4. The van der Waals surface area contributed by atoms with Gasteiger partial charge in [0.15, 0.2) is 5.96 Å². The molecule has 80 valence electrons. The summed E-state index contributed by atoms with van der Waals surface area (Å²) in [5.41, 5.74) is 5.39. The molecule has 1 rings (SSSR count). The summed E-state index contributed by atoms with van der Waals surface area (Å²) in [6, 6.07) is -0.638. The lowest BCUT2D eigenvalue weighted by molar-refractivity contribution is -0.142. The summed E-state index contributed by atoms with van der Waals surface area (Å²) in [7, 11) is 0. The molecule has 4 unspecified atom stereocenters. The fourth-order valence-electron chi connectivity index (χ4n) is 2.20. The molecule has 5 heteroatoms. The Morgan fingerprint density at radius 1 is 1.36 bits per heavy atom. The second kappa shape index (κ2) is 3.48. The second-order valence-electron chi connectivity index (χ2n) is 4.03. The average molecular weight is 199 g/mol. The maximum atomic E-state index is 11.0. The molecule has 0 spiro atoms. The third kappa shape index (κ3) is 1.42. The first-order valence-corrected chi connectivity index (χ1v) is 4.73. The summed E-state index contributed by atoms with van der Waals surface area (Å²) >= 11 is 0. The number of rotatable bonds is 1. The number of guanidine groups is 1. The largest absolute Gasteiger partial charge is 0.480 e. The van der Waals surface area contributed by atoms with Crippen molar-refractivity contribution in [2.24, 2.45) is 17.6 Å². The maximum Gasteiger partial charge on any atom is 0.326 e. The van der Waals surface area contributed by atoms with Crippen molar-refractivity contribution in [3.05, 3.63) is 0 Å². The van der Waals surface area contributed by atoms with E-state index in [-0.39, 0.29) is 23.8 Å². The zero-order valence-corrected chi connectivity index (χ0v) is 8.69. The van der Waals surface area contributed by atoms with Gasteiger partial charge in [0.25, 0.3) is 0 Å². The van der Waals surface area contributed by atoms with Crippen molar-refractivity contribution in [2.75, 3.05) is 0 Å². The molecule has 0 aromatic rings. The Hall–Kier alpha value is -1.26. The van der Waals surface area contributed by atoms with Crippen LogP contribution >= 0.6 is 0 Å². The van der Waals surface area contributed by atoms with Gasteiger partial charge in [-0.25, -0.2) is 4.79 Å². The monoisotopic (exact) mass is 199 g/mol. The van der Waals surface area contributed by atoms with E-state index < -0.39 is 12.0 Å². The van der Waals surface area contributed by atoms with Gasteiger partial charge in [0, 0.05) is 6.04 Å². The molecule has 0 aliphatic carbocycles. The predicted molar refractivity (Wildman–Crippen MR) is 53.0 cm³/mol. The molecule has 5 nitrogen and oxygen atoms in total. The van der Waals surface area contributed by atoms with Crippen LogP contribution in [0.5, 0.6) is 0 Å². The van der Waals surface area contributed by atoms with Crippen molar-refractivity contribution in [3.63, 3.8) is 0 Å². The summed E-state index contributed by atoms with van der Waals surface area (Å²) in [4.78, 5) is 12.5. The SMILES string of the molecule is CC1C(C)C(C(=O)O)N(C(=N)N)C1C. The van der Waals surface area contributed by atoms with Crippen LogP contribution in [0.1, 0.15) is 20.8 Å².